The summed E-state index contributed by atoms with van der Waals surface area (Å²) in [6.07, 6.45) is 3.24. The summed E-state index contributed by atoms with van der Waals surface area (Å²) in [4.78, 5) is 17.0. The molecule has 4 nitrogen and oxygen atoms in total. The molecule has 0 saturated heterocycles. The number of aryl methyl sites for hydroxylation is 1. The summed E-state index contributed by atoms with van der Waals surface area (Å²) in [6.45, 7) is 4.07. The molecule has 28 heavy (non-hydrogen) atoms. The van der Waals surface area contributed by atoms with E-state index in [1.54, 1.807) is 6.07 Å². The smallest absolute Gasteiger partial charge is 0.135 e. The fourth-order valence-corrected chi connectivity index (χ4v) is 3.15. The predicted molar refractivity (Wildman–Crippen MR) is 113 cm³/mol. The average Bonchev–Trinajstić information content (AvgIpc) is 2.70. The second-order valence-corrected chi connectivity index (χ2v) is 7.06. The molecule has 0 radical (unpaired) electrons. The highest BCUT2D eigenvalue weighted by molar-refractivity contribution is 5.88. The van der Waals surface area contributed by atoms with Crippen molar-refractivity contribution in [2.45, 2.75) is 58.5 Å². The maximum absolute atomic E-state index is 12.2. The Balaban J connectivity index is 1.91. The Hall–Kier alpha value is -2.77. The van der Waals surface area contributed by atoms with Crippen molar-refractivity contribution in [3.05, 3.63) is 65.2 Å². The first-order valence-corrected chi connectivity index (χ1v) is 9.85. The average molecular weight is 377 g/mol. The van der Waals surface area contributed by atoms with Crippen molar-refractivity contribution < 1.29 is 9.90 Å². The highest BCUT2D eigenvalue weighted by atomic mass is 16.3. The number of carbonyl (C=O) groups excluding carboxylic acids is 1. The van der Waals surface area contributed by atoms with Crippen LogP contribution in [0, 0.1) is 18.3 Å². The first-order valence-electron chi connectivity index (χ1n) is 9.85. The number of nitrogens with zero attached hydrogens (tertiary/aromatic N) is 2. The van der Waals surface area contributed by atoms with Gasteiger partial charge in [-0.05, 0) is 55.5 Å². The van der Waals surface area contributed by atoms with E-state index in [0.29, 0.717) is 12.0 Å². The van der Waals surface area contributed by atoms with Crippen LogP contribution in [0.1, 0.15) is 68.2 Å². The fourth-order valence-electron chi connectivity index (χ4n) is 3.15. The van der Waals surface area contributed by atoms with Crippen LogP contribution < -0.4 is 0 Å². The van der Waals surface area contributed by atoms with Crippen LogP contribution in [-0.4, -0.2) is 16.6 Å². The minimum absolute atomic E-state index is 0.0711. The molecular weight excluding hydrogens is 348 g/mol. The molecule has 0 aromatic heterocycles. The molecule has 2 rings (SSSR count). The Morgan fingerprint density at radius 2 is 1.89 bits per heavy atom. The molecule has 0 aliphatic carbocycles. The maximum atomic E-state index is 12.2. The Labute approximate surface area is 167 Å². The van der Waals surface area contributed by atoms with E-state index < -0.39 is 6.10 Å². The number of hydrogen-bond acceptors (Lipinski definition) is 4. The molecule has 0 fully saturated rings. The summed E-state index contributed by atoms with van der Waals surface area (Å²) in [7, 11) is 0. The van der Waals surface area contributed by atoms with Gasteiger partial charge in [0.05, 0.1) is 23.4 Å². The molecular formula is C24H28N2O2. The van der Waals surface area contributed by atoms with Gasteiger partial charge in [0.15, 0.2) is 0 Å². The largest absolute Gasteiger partial charge is 0.388 e. The summed E-state index contributed by atoms with van der Waals surface area (Å²) in [5, 5.41) is 19.2. The minimum Gasteiger partial charge on any atom is -0.388 e. The first-order chi connectivity index (χ1) is 13.5. The molecule has 0 amide bonds. The van der Waals surface area contributed by atoms with Gasteiger partial charge in [0, 0.05) is 18.6 Å². The van der Waals surface area contributed by atoms with Gasteiger partial charge in [0.1, 0.15) is 5.78 Å². The molecule has 2 aromatic rings. The quantitative estimate of drug-likeness (QED) is 0.548. The minimum atomic E-state index is -0.737. The predicted octanol–water partition coefficient (Wildman–Crippen LogP) is 5.60. The summed E-state index contributed by atoms with van der Waals surface area (Å²) in [5.74, 6) is 0.0711. The summed E-state index contributed by atoms with van der Waals surface area (Å²) in [6, 6.07) is 16.9. The van der Waals surface area contributed by atoms with E-state index in [0.717, 1.165) is 48.2 Å². The number of carbonyl (C=O) groups is 1. The van der Waals surface area contributed by atoms with Gasteiger partial charge in [-0.3, -0.25) is 9.79 Å². The number of rotatable bonds is 10. The molecule has 0 saturated carbocycles. The highest BCUT2D eigenvalue weighted by Crippen LogP contribution is 2.22. The van der Waals surface area contributed by atoms with Crippen molar-refractivity contribution >= 4 is 17.2 Å². The number of aliphatic hydroxyl groups is 1. The number of aliphatic imine (C=N–C) groups is 1. The van der Waals surface area contributed by atoms with Crippen LogP contribution >= 0.6 is 0 Å². The van der Waals surface area contributed by atoms with Crippen LogP contribution in [0.25, 0.3) is 0 Å². The highest BCUT2D eigenvalue weighted by Gasteiger charge is 2.13. The number of benzene rings is 2. The van der Waals surface area contributed by atoms with Gasteiger partial charge >= 0.3 is 0 Å². The summed E-state index contributed by atoms with van der Waals surface area (Å²) in [5.41, 5.74) is 4.35. The Kier molecular flexibility index (Phi) is 8.58. The third-order valence-corrected chi connectivity index (χ3v) is 4.67. The molecule has 0 unspecified atom stereocenters. The monoisotopic (exact) mass is 376 g/mol. The molecule has 0 bridgehead atoms. The molecule has 1 N–H and O–H groups in total. The van der Waals surface area contributed by atoms with Crippen molar-refractivity contribution in [3.8, 4) is 6.07 Å². The van der Waals surface area contributed by atoms with Crippen molar-refractivity contribution in [2.75, 3.05) is 0 Å². The molecule has 0 aliphatic rings. The Morgan fingerprint density at radius 3 is 2.54 bits per heavy atom. The van der Waals surface area contributed by atoms with E-state index in [1.807, 2.05) is 49.4 Å². The van der Waals surface area contributed by atoms with Crippen molar-refractivity contribution in [1.82, 2.24) is 0 Å². The zero-order valence-corrected chi connectivity index (χ0v) is 16.7. The molecule has 0 heterocycles. The van der Waals surface area contributed by atoms with Gasteiger partial charge in [-0.2, -0.15) is 5.26 Å². The Bertz CT molecular complexity index is 851. The van der Waals surface area contributed by atoms with Gasteiger partial charge in [-0.1, -0.05) is 43.7 Å². The molecule has 2 aromatic carbocycles. The van der Waals surface area contributed by atoms with Crippen molar-refractivity contribution in [3.63, 3.8) is 0 Å². The topological polar surface area (TPSA) is 73.4 Å². The van der Waals surface area contributed by atoms with E-state index in [9.17, 15) is 9.90 Å². The van der Waals surface area contributed by atoms with E-state index in [1.165, 1.54) is 0 Å². The standard InChI is InChI=1S/C24H28N2O2/c1-3-8-21(26-23-14-13-19(17-25)15-18(23)2)11-7-12-22(27)16-24(28)20-9-5-4-6-10-20/h4-6,9-10,13-15,24,28H,3,7-8,11-12,16H2,1-2H3/t24-/m1/s1. The zero-order valence-electron chi connectivity index (χ0n) is 16.7. The lowest BCUT2D eigenvalue weighted by Crippen LogP contribution is -2.07. The van der Waals surface area contributed by atoms with Crippen LogP contribution in [0.2, 0.25) is 0 Å². The Morgan fingerprint density at radius 1 is 1.14 bits per heavy atom. The van der Waals surface area contributed by atoms with Crippen LogP contribution in [-0.2, 0) is 4.79 Å². The molecule has 0 aliphatic heterocycles. The summed E-state index contributed by atoms with van der Waals surface area (Å²) < 4.78 is 0. The molecule has 146 valence electrons. The third-order valence-electron chi connectivity index (χ3n) is 4.67. The number of nitriles is 1. The number of Topliss-reactive ketones (excluding diaryl/α,β-unsaturated/α-hetero) is 1. The van der Waals surface area contributed by atoms with Crippen LogP contribution in [0.3, 0.4) is 0 Å². The van der Waals surface area contributed by atoms with Crippen molar-refractivity contribution in [2.24, 2.45) is 4.99 Å². The second kappa shape index (κ2) is 11.2. The first kappa shape index (κ1) is 21.5. The van der Waals surface area contributed by atoms with Gasteiger partial charge < -0.3 is 5.11 Å². The van der Waals surface area contributed by atoms with Gasteiger partial charge in [-0.25, -0.2) is 0 Å². The lowest BCUT2D eigenvalue weighted by atomic mass is 10.00. The van der Waals surface area contributed by atoms with Crippen molar-refractivity contribution in [1.29, 1.82) is 5.26 Å². The zero-order chi connectivity index (χ0) is 20.4. The maximum Gasteiger partial charge on any atom is 0.135 e. The van der Waals surface area contributed by atoms with E-state index >= 15 is 0 Å². The fraction of sp³-hybridized carbons (Fsp3) is 0.375. The van der Waals surface area contributed by atoms with Crippen LogP contribution in [0.5, 0.6) is 0 Å². The molecule has 0 spiro atoms. The second-order valence-electron chi connectivity index (χ2n) is 7.06. The van der Waals surface area contributed by atoms with Gasteiger partial charge in [0.2, 0.25) is 0 Å². The van der Waals surface area contributed by atoms with E-state index in [-0.39, 0.29) is 12.2 Å². The number of aliphatic hydroxyl groups excluding tert-OH is 1. The molecule has 1 atom stereocenters. The summed E-state index contributed by atoms with van der Waals surface area (Å²) >= 11 is 0. The normalized spacial score (nSPS) is 12.4. The number of ketones is 1. The molecule has 4 heteroatoms. The van der Waals surface area contributed by atoms with Crippen LogP contribution in [0.4, 0.5) is 5.69 Å². The third kappa shape index (κ3) is 6.75. The number of hydrogen-bond donors (Lipinski definition) is 1. The lowest BCUT2D eigenvalue weighted by molar-refractivity contribution is -0.121. The van der Waals surface area contributed by atoms with E-state index in [4.69, 9.17) is 10.3 Å². The van der Waals surface area contributed by atoms with Gasteiger partial charge in [-0.15, -0.1) is 0 Å². The lowest BCUT2D eigenvalue weighted by Gasteiger charge is -2.11. The van der Waals surface area contributed by atoms with Crippen LogP contribution in [0.15, 0.2) is 53.5 Å². The van der Waals surface area contributed by atoms with Gasteiger partial charge in [0.25, 0.3) is 0 Å². The SMILES string of the molecule is CCCC(CCCC(=O)C[C@@H](O)c1ccccc1)=Nc1ccc(C#N)cc1C. The van der Waals surface area contributed by atoms with E-state index in [2.05, 4.69) is 13.0 Å².